The summed E-state index contributed by atoms with van der Waals surface area (Å²) in [6.07, 6.45) is -0.725. The molecular formula is C15H13FN4O. The maximum Gasteiger partial charge on any atom is 0.205 e. The minimum atomic E-state index is -0.725. The molecule has 6 heteroatoms. The van der Waals surface area contributed by atoms with Crippen molar-refractivity contribution in [2.75, 3.05) is 0 Å². The van der Waals surface area contributed by atoms with Gasteiger partial charge in [-0.15, -0.1) is 15.0 Å². The minimum absolute atomic E-state index is 0.189. The summed E-state index contributed by atoms with van der Waals surface area (Å²) in [7, 11) is 0. The first-order chi connectivity index (χ1) is 10.1. The van der Waals surface area contributed by atoms with Crippen LogP contribution in [0.25, 0.3) is 17.1 Å². The summed E-state index contributed by atoms with van der Waals surface area (Å²) in [5.41, 5.74) is 1.50. The number of hydrogen-bond donors (Lipinski definition) is 1. The second-order valence-electron chi connectivity index (χ2n) is 4.66. The molecule has 1 atom stereocenters. The first-order valence-corrected chi connectivity index (χ1v) is 6.48. The van der Waals surface area contributed by atoms with Crippen molar-refractivity contribution in [3.63, 3.8) is 0 Å². The molecule has 0 aliphatic carbocycles. The Hall–Kier alpha value is -2.60. The van der Waals surface area contributed by atoms with Crippen molar-refractivity contribution in [3.8, 4) is 17.1 Å². The molecule has 1 heterocycles. The molecule has 0 saturated heterocycles. The van der Waals surface area contributed by atoms with Crippen LogP contribution in [0.4, 0.5) is 4.39 Å². The zero-order chi connectivity index (χ0) is 14.8. The van der Waals surface area contributed by atoms with Gasteiger partial charge in [-0.2, -0.15) is 0 Å². The molecule has 0 aliphatic rings. The molecule has 3 aromatic rings. The predicted octanol–water partition coefficient (Wildman–Crippen LogP) is 2.52. The number of benzene rings is 2. The maximum absolute atomic E-state index is 14.1. The molecule has 0 fully saturated rings. The summed E-state index contributed by atoms with van der Waals surface area (Å²) in [6, 6.07) is 13.8. The molecule has 0 spiro atoms. The molecule has 0 saturated carbocycles. The quantitative estimate of drug-likeness (QED) is 0.802. The summed E-state index contributed by atoms with van der Waals surface area (Å²) < 4.78 is 14.1. The van der Waals surface area contributed by atoms with Crippen LogP contribution in [0.5, 0.6) is 0 Å². The Balaban J connectivity index is 1.97. The van der Waals surface area contributed by atoms with Gasteiger partial charge in [-0.1, -0.05) is 36.4 Å². The highest BCUT2D eigenvalue weighted by molar-refractivity contribution is 5.53. The molecule has 106 valence electrons. The van der Waals surface area contributed by atoms with Gasteiger partial charge in [-0.05, 0) is 29.8 Å². The third-order valence-corrected chi connectivity index (χ3v) is 3.12. The number of aliphatic hydroxyl groups is 1. The van der Waals surface area contributed by atoms with Crippen molar-refractivity contribution in [1.82, 2.24) is 20.2 Å². The summed E-state index contributed by atoms with van der Waals surface area (Å²) in [5, 5.41) is 21.4. The van der Waals surface area contributed by atoms with Crippen molar-refractivity contribution >= 4 is 0 Å². The van der Waals surface area contributed by atoms with E-state index >= 15 is 0 Å². The third-order valence-electron chi connectivity index (χ3n) is 3.12. The van der Waals surface area contributed by atoms with E-state index < -0.39 is 11.9 Å². The highest BCUT2D eigenvalue weighted by Gasteiger charge is 2.12. The number of aliphatic hydroxyl groups excluding tert-OH is 1. The molecule has 1 N–H and O–H groups in total. The lowest BCUT2D eigenvalue weighted by molar-refractivity contribution is 0.199. The van der Waals surface area contributed by atoms with E-state index in [0.29, 0.717) is 11.4 Å². The number of nitrogens with zero attached hydrogens (tertiary/aromatic N) is 4. The Kier molecular flexibility index (Phi) is 3.45. The summed E-state index contributed by atoms with van der Waals surface area (Å²) in [5.74, 6) is -0.0833. The molecule has 5 nitrogen and oxygen atoms in total. The van der Waals surface area contributed by atoms with Crippen LogP contribution in [-0.4, -0.2) is 25.3 Å². The van der Waals surface area contributed by atoms with E-state index in [0.717, 1.165) is 10.4 Å². The topological polar surface area (TPSA) is 63.8 Å². The lowest BCUT2D eigenvalue weighted by Crippen LogP contribution is -2.03. The first kappa shape index (κ1) is 13.4. The highest BCUT2D eigenvalue weighted by Crippen LogP contribution is 2.19. The average molecular weight is 284 g/mol. The van der Waals surface area contributed by atoms with Gasteiger partial charge in [0.1, 0.15) is 5.69 Å². The lowest BCUT2D eigenvalue weighted by Gasteiger charge is -2.06. The third kappa shape index (κ3) is 2.66. The number of aromatic nitrogens is 4. The van der Waals surface area contributed by atoms with Crippen LogP contribution in [0.3, 0.4) is 0 Å². The fraction of sp³-hybridized carbons (Fsp3) is 0.133. The van der Waals surface area contributed by atoms with Crippen molar-refractivity contribution in [3.05, 3.63) is 59.9 Å². The molecule has 0 bridgehead atoms. The van der Waals surface area contributed by atoms with Gasteiger partial charge in [0, 0.05) is 5.56 Å². The van der Waals surface area contributed by atoms with Crippen molar-refractivity contribution in [1.29, 1.82) is 0 Å². The van der Waals surface area contributed by atoms with Crippen LogP contribution in [0.2, 0.25) is 0 Å². The van der Waals surface area contributed by atoms with Gasteiger partial charge in [-0.3, -0.25) is 0 Å². The fourth-order valence-corrected chi connectivity index (χ4v) is 1.96. The van der Waals surface area contributed by atoms with Crippen LogP contribution in [-0.2, 0) is 0 Å². The van der Waals surface area contributed by atoms with Gasteiger partial charge >= 0.3 is 0 Å². The van der Waals surface area contributed by atoms with E-state index in [-0.39, 0.29) is 5.69 Å². The molecule has 0 unspecified atom stereocenters. The zero-order valence-electron chi connectivity index (χ0n) is 11.3. The number of halogens is 1. The van der Waals surface area contributed by atoms with Gasteiger partial charge in [0.05, 0.1) is 6.10 Å². The lowest BCUT2D eigenvalue weighted by atomic mass is 10.1. The molecule has 0 radical (unpaired) electrons. The fourth-order valence-electron chi connectivity index (χ4n) is 1.96. The summed E-state index contributed by atoms with van der Waals surface area (Å²) in [6.45, 7) is 1.58. The van der Waals surface area contributed by atoms with Crippen molar-refractivity contribution in [2.45, 2.75) is 13.0 Å². The predicted molar refractivity (Wildman–Crippen MR) is 75.2 cm³/mol. The van der Waals surface area contributed by atoms with Crippen molar-refractivity contribution < 1.29 is 9.50 Å². The Morgan fingerprint density at radius 1 is 1.14 bits per heavy atom. The average Bonchev–Trinajstić information content (AvgIpc) is 2.97. The van der Waals surface area contributed by atoms with Crippen LogP contribution >= 0.6 is 0 Å². The Labute approximate surface area is 120 Å². The molecule has 1 aromatic heterocycles. The van der Waals surface area contributed by atoms with Gasteiger partial charge in [0.15, 0.2) is 5.82 Å². The van der Waals surface area contributed by atoms with Gasteiger partial charge in [0.2, 0.25) is 5.82 Å². The summed E-state index contributed by atoms with van der Waals surface area (Å²) in [4.78, 5) is 1.14. The van der Waals surface area contributed by atoms with E-state index in [1.807, 2.05) is 30.3 Å². The monoisotopic (exact) mass is 284 g/mol. The Morgan fingerprint density at radius 2 is 1.90 bits per heavy atom. The van der Waals surface area contributed by atoms with Gasteiger partial charge < -0.3 is 5.11 Å². The number of tetrazole rings is 1. The molecule has 3 rings (SSSR count). The highest BCUT2D eigenvalue weighted by atomic mass is 19.1. The number of rotatable bonds is 3. The van der Waals surface area contributed by atoms with Crippen LogP contribution in [0.1, 0.15) is 18.6 Å². The molecule has 0 amide bonds. The second kappa shape index (κ2) is 5.41. The van der Waals surface area contributed by atoms with E-state index in [9.17, 15) is 9.50 Å². The van der Waals surface area contributed by atoms with E-state index in [1.54, 1.807) is 13.0 Å². The maximum atomic E-state index is 14.1. The smallest absolute Gasteiger partial charge is 0.205 e. The second-order valence-corrected chi connectivity index (χ2v) is 4.66. The van der Waals surface area contributed by atoms with E-state index in [4.69, 9.17) is 0 Å². The standard InChI is InChI=1S/C15H13FN4O/c1-10(21)12-7-8-14(13(16)9-12)20-18-15(17-19-20)11-5-3-2-4-6-11/h2-10,21H,1H3/t10-/m0/s1. The van der Waals surface area contributed by atoms with Gasteiger partial charge in [-0.25, -0.2) is 4.39 Å². The molecule has 2 aromatic carbocycles. The largest absolute Gasteiger partial charge is 0.389 e. The summed E-state index contributed by atoms with van der Waals surface area (Å²) >= 11 is 0. The van der Waals surface area contributed by atoms with Crippen LogP contribution in [0, 0.1) is 5.82 Å². The molecule has 21 heavy (non-hydrogen) atoms. The van der Waals surface area contributed by atoms with Gasteiger partial charge in [0.25, 0.3) is 0 Å². The van der Waals surface area contributed by atoms with Crippen LogP contribution in [0.15, 0.2) is 48.5 Å². The Morgan fingerprint density at radius 3 is 2.57 bits per heavy atom. The normalized spacial score (nSPS) is 12.3. The van der Waals surface area contributed by atoms with Crippen LogP contribution < -0.4 is 0 Å². The van der Waals surface area contributed by atoms with E-state index in [1.165, 1.54) is 12.1 Å². The van der Waals surface area contributed by atoms with Crippen molar-refractivity contribution in [2.24, 2.45) is 0 Å². The SMILES string of the molecule is C[C@H](O)c1ccc(-n2nnc(-c3ccccc3)n2)c(F)c1. The minimum Gasteiger partial charge on any atom is -0.389 e. The zero-order valence-corrected chi connectivity index (χ0v) is 11.3. The first-order valence-electron chi connectivity index (χ1n) is 6.48. The molecular weight excluding hydrogens is 271 g/mol. The number of hydrogen-bond acceptors (Lipinski definition) is 4. The Bertz CT molecular complexity index is 755. The van der Waals surface area contributed by atoms with E-state index in [2.05, 4.69) is 15.4 Å². The molecule has 0 aliphatic heterocycles.